The molecule has 0 radical (unpaired) electrons. The number of anilines is 1. The number of carbonyl (C=O) groups excluding carboxylic acids is 3. The summed E-state index contributed by atoms with van der Waals surface area (Å²) in [5.74, 6) is -0.779. The van der Waals surface area contributed by atoms with Crippen molar-refractivity contribution < 1.29 is 14.4 Å². The van der Waals surface area contributed by atoms with Gasteiger partial charge in [-0.3, -0.25) is 19.3 Å². The molecule has 2 aromatic rings. The highest BCUT2D eigenvalue weighted by atomic mass is 16.2. The third-order valence-electron chi connectivity index (χ3n) is 5.84. The van der Waals surface area contributed by atoms with E-state index in [4.69, 9.17) is 0 Å². The number of aryl methyl sites for hydroxylation is 2. The van der Waals surface area contributed by atoms with Crippen LogP contribution in [0.3, 0.4) is 0 Å². The lowest BCUT2D eigenvalue weighted by Gasteiger charge is -2.29. The Labute approximate surface area is 164 Å². The van der Waals surface area contributed by atoms with Crippen LogP contribution in [0, 0.1) is 13.8 Å². The zero-order valence-corrected chi connectivity index (χ0v) is 16.2. The summed E-state index contributed by atoms with van der Waals surface area (Å²) < 4.78 is 0. The number of hydrogen-bond acceptors (Lipinski definition) is 3. The lowest BCUT2D eigenvalue weighted by Crippen LogP contribution is -2.40. The summed E-state index contributed by atoms with van der Waals surface area (Å²) in [5.41, 5.74) is 3.85. The number of nitrogens with one attached hydrogen (secondary N) is 1. The van der Waals surface area contributed by atoms with Gasteiger partial charge in [0.05, 0.1) is 11.1 Å². The highest BCUT2D eigenvalue weighted by Crippen LogP contribution is 2.31. The van der Waals surface area contributed by atoms with E-state index in [1.54, 1.807) is 18.2 Å². The molecule has 1 aliphatic heterocycles. The van der Waals surface area contributed by atoms with Crippen LogP contribution in [-0.4, -0.2) is 28.7 Å². The molecule has 3 amide bonds. The topological polar surface area (TPSA) is 66.5 Å². The van der Waals surface area contributed by atoms with Crippen molar-refractivity contribution >= 4 is 23.4 Å². The first-order chi connectivity index (χ1) is 13.5. The largest absolute Gasteiger partial charge is 0.322 e. The molecule has 0 saturated heterocycles. The molecular weight excluding hydrogens is 352 g/mol. The number of rotatable bonds is 3. The molecule has 5 heteroatoms. The van der Waals surface area contributed by atoms with Gasteiger partial charge in [0.2, 0.25) is 0 Å². The van der Waals surface area contributed by atoms with Gasteiger partial charge in [-0.05, 0) is 56.0 Å². The number of imide groups is 1. The van der Waals surface area contributed by atoms with Crippen LogP contribution in [0.25, 0.3) is 0 Å². The van der Waals surface area contributed by atoms with Gasteiger partial charge in [0.25, 0.3) is 17.7 Å². The second-order valence-corrected chi connectivity index (χ2v) is 7.75. The first-order valence-electron chi connectivity index (χ1n) is 9.87. The summed E-state index contributed by atoms with van der Waals surface area (Å²) >= 11 is 0. The predicted molar refractivity (Wildman–Crippen MR) is 108 cm³/mol. The first-order valence-corrected chi connectivity index (χ1v) is 9.87. The summed E-state index contributed by atoms with van der Waals surface area (Å²) in [6.45, 7) is 3.88. The molecule has 0 spiro atoms. The number of hydrogen-bond donors (Lipinski definition) is 1. The number of para-hydroxylation sites is 1. The number of nitrogens with zero attached hydrogens (tertiary/aromatic N) is 1. The number of fused-ring (bicyclic) bond motifs is 1. The number of carbonyl (C=O) groups is 3. The van der Waals surface area contributed by atoms with E-state index in [0.29, 0.717) is 16.7 Å². The maximum absolute atomic E-state index is 12.9. The van der Waals surface area contributed by atoms with Crippen molar-refractivity contribution in [3.63, 3.8) is 0 Å². The summed E-state index contributed by atoms with van der Waals surface area (Å²) in [4.78, 5) is 39.9. The van der Waals surface area contributed by atoms with Crippen LogP contribution in [-0.2, 0) is 0 Å². The first kappa shape index (κ1) is 18.4. The van der Waals surface area contributed by atoms with E-state index in [-0.39, 0.29) is 23.8 Å². The SMILES string of the molecule is Cc1cccc(C)c1NC(=O)c1ccc2c(c1)C(=O)N(C1CCCCC1)C2=O. The molecule has 1 N–H and O–H groups in total. The quantitative estimate of drug-likeness (QED) is 0.803. The lowest BCUT2D eigenvalue weighted by molar-refractivity contribution is 0.0549. The van der Waals surface area contributed by atoms with Crippen molar-refractivity contribution in [1.82, 2.24) is 4.90 Å². The Morgan fingerprint density at radius 2 is 1.57 bits per heavy atom. The van der Waals surface area contributed by atoms with Crippen LogP contribution in [0.15, 0.2) is 36.4 Å². The summed E-state index contributed by atoms with van der Waals surface area (Å²) in [7, 11) is 0. The second-order valence-electron chi connectivity index (χ2n) is 7.75. The van der Waals surface area contributed by atoms with Gasteiger partial charge in [0.15, 0.2) is 0 Å². The fraction of sp³-hybridized carbons (Fsp3) is 0.348. The van der Waals surface area contributed by atoms with Gasteiger partial charge in [0.1, 0.15) is 0 Å². The van der Waals surface area contributed by atoms with Crippen molar-refractivity contribution in [2.45, 2.75) is 52.0 Å². The van der Waals surface area contributed by atoms with E-state index in [2.05, 4.69) is 5.32 Å². The molecule has 0 atom stereocenters. The fourth-order valence-corrected chi connectivity index (χ4v) is 4.27. The predicted octanol–water partition coefficient (Wildman–Crippen LogP) is 4.48. The van der Waals surface area contributed by atoms with Crippen molar-refractivity contribution in [2.75, 3.05) is 5.32 Å². The highest BCUT2D eigenvalue weighted by molar-refractivity contribution is 6.22. The normalized spacial score (nSPS) is 17.0. The Bertz CT molecular complexity index is 954. The van der Waals surface area contributed by atoms with E-state index in [1.165, 1.54) is 4.90 Å². The molecule has 0 bridgehead atoms. The van der Waals surface area contributed by atoms with E-state index in [1.807, 2.05) is 32.0 Å². The molecule has 0 unspecified atom stereocenters. The molecule has 2 aliphatic rings. The van der Waals surface area contributed by atoms with Crippen LogP contribution in [0.4, 0.5) is 5.69 Å². The Balaban J connectivity index is 1.60. The zero-order valence-electron chi connectivity index (χ0n) is 16.2. The summed E-state index contributed by atoms with van der Waals surface area (Å²) in [6, 6.07) is 10.6. The van der Waals surface area contributed by atoms with Gasteiger partial charge >= 0.3 is 0 Å². The summed E-state index contributed by atoms with van der Waals surface area (Å²) in [6.07, 6.45) is 4.97. The molecule has 1 heterocycles. The van der Waals surface area contributed by atoms with E-state index < -0.39 is 0 Å². The number of amides is 3. The third kappa shape index (κ3) is 3.11. The Morgan fingerprint density at radius 1 is 0.929 bits per heavy atom. The minimum Gasteiger partial charge on any atom is -0.322 e. The average Bonchev–Trinajstić information content (AvgIpc) is 2.95. The number of benzene rings is 2. The molecule has 0 aromatic heterocycles. The maximum Gasteiger partial charge on any atom is 0.261 e. The van der Waals surface area contributed by atoms with Crippen molar-refractivity contribution in [1.29, 1.82) is 0 Å². The Hall–Kier alpha value is -2.95. The van der Waals surface area contributed by atoms with E-state index >= 15 is 0 Å². The van der Waals surface area contributed by atoms with Gasteiger partial charge in [-0.1, -0.05) is 37.5 Å². The summed E-state index contributed by atoms with van der Waals surface area (Å²) in [5, 5.41) is 2.94. The molecular formula is C23H24N2O3. The molecule has 28 heavy (non-hydrogen) atoms. The van der Waals surface area contributed by atoms with Crippen LogP contribution >= 0.6 is 0 Å². The molecule has 1 fully saturated rings. The lowest BCUT2D eigenvalue weighted by atomic mass is 9.94. The second kappa shape index (κ2) is 7.23. The highest BCUT2D eigenvalue weighted by Gasteiger charge is 2.40. The van der Waals surface area contributed by atoms with Gasteiger partial charge < -0.3 is 5.32 Å². The van der Waals surface area contributed by atoms with Crippen molar-refractivity contribution in [2.24, 2.45) is 0 Å². The van der Waals surface area contributed by atoms with Crippen LogP contribution in [0.1, 0.15) is 74.3 Å². The van der Waals surface area contributed by atoms with Gasteiger partial charge in [-0.2, -0.15) is 0 Å². The minimum absolute atomic E-state index is 0.0203. The Morgan fingerprint density at radius 3 is 2.25 bits per heavy atom. The van der Waals surface area contributed by atoms with Gasteiger partial charge in [0, 0.05) is 17.3 Å². The van der Waals surface area contributed by atoms with Crippen molar-refractivity contribution in [3.8, 4) is 0 Å². The minimum atomic E-state index is -0.281. The standard InChI is InChI=1S/C23H24N2O3/c1-14-7-6-8-15(2)20(14)24-21(26)16-11-12-18-19(13-16)23(28)25(22(18)27)17-9-4-3-5-10-17/h6-8,11-13,17H,3-5,9-10H2,1-2H3,(H,24,26). The van der Waals surface area contributed by atoms with Crippen LogP contribution < -0.4 is 5.32 Å². The average molecular weight is 376 g/mol. The molecule has 1 saturated carbocycles. The molecule has 144 valence electrons. The molecule has 5 nitrogen and oxygen atoms in total. The monoisotopic (exact) mass is 376 g/mol. The van der Waals surface area contributed by atoms with Gasteiger partial charge in [-0.25, -0.2) is 0 Å². The molecule has 2 aromatic carbocycles. The third-order valence-corrected chi connectivity index (χ3v) is 5.84. The molecule has 1 aliphatic carbocycles. The van der Waals surface area contributed by atoms with Crippen LogP contribution in [0.2, 0.25) is 0 Å². The fourth-order valence-electron chi connectivity index (χ4n) is 4.27. The van der Waals surface area contributed by atoms with Crippen molar-refractivity contribution in [3.05, 3.63) is 64.2 Å². The van der Waals surface area contributed by atoms with Crippen LogP contribution in [0.5, 0.6) is 0 Å². The van der Waals surface area contributed by atoms with E-state index in [0.717, 1.165) is 48.9 Å². The van der Waals surface area contributed by atoms with E-state index in [9.17, 15) is 14.4 Å². The smallest absolute Gasteiger partial charge is 0.261 e. The van der Waals surface area contributed by atoms with Gasteiger partial charge in [-0.15, -0.1) is 0 Å². The Kier molecular flexibility index (Phi) is 4.75. The molecule has 4 rings (SSSR count). The zero-order chi connectivity index (χ0) is 19.8. The maximum atomic E-state index is 12.9.